The number of aliphatic hydroxyl groups excluding tert-OH is 1. The minimum Gasteiger partial charge on any atom is -0.423 e. The lowest BCUT2D eigenvalue weighted by atomic mass is 10.3. The first-order valence-corrected chi connectivity index (χ1v) is 5.22. The van der Waals surface area contributed by atoms with E-state index >= 15 is 0 Å². The summed E-state index contributed by atoms with van der Waals surface area (Å²) in [6.45, 7) is -0.438. The molecule has 9 heteroatoms. The fourth-order valence-electron chi connectivity index (χ4n) is 1.38. The number of nitrogens with one attached hydrogen (secondary N) is 1. The second-order valence-corrected chi connectivity index (χ2v) is 3.71. The number of alkyl halides is 2. The lowest BCUT2D eigenvalue weighted by Gasteiger charge is -2.08. The SMILES string of the molecule is O=[N+]([O-])c1ccc2nc(NCC(O)C(F)F)oc2c1. The van der Waals surface area contributed by atoms with Crippen LogP contribution < -0.4 is 5.32 Å². The highest BCUT2D eigenvalue weighted by Gasteiger charge is 2.18. The lowest BCUT2D eigenvalue weighted by molar-refractivity contribution is -0.384. The highest BCUT2D eigenvalue weighted by atomic mass is 19.3. The van der Waals surface area contributed by atoms with Crippen molar-refractivity contribution in [2.45, 2.75) is 12.5 Å². The Morgan fingerprint density at radius 1 is 1.53 bits per heavy atom. The van der Waals surface area contributed by atoms with Crippen LogP contribution in [0.1, 0.15) is 0 Å². The van der Waals surface area contributed by atoms with Gasteiger partial charge in [0.2, 0.25) is 0 Å². The highest BCUT2D eigenvalue weighted by molar-refractivity contribution is 5.77. The maximum atomic E-state index is 12.1. The van der Waals surface area contributed by atoms with E-state index in [1.54, 1.807) is 0 Å². The fraction of sp³-hybridized carbons (Fsp3) is 0.300. The van der Waals surface area contributed by atoms with Gasteiger partial charge in [0, 0.05) is 6.07 Å². The third-order valence-electron chi connectivity index (χ3n) is 2.34. The monoisotopic (exact) mass is 273 g/mol. The van der Waals surface area contributed by atoms with Gasteiger partial charge >= 0.3 is 0 Å². The van der Waals surface area contributed by atoms with E-state index in [2.05, 4.69) is 10.3 Å². The molecule has 0 saturated heterocycles. The largest absolute Gasteiger partial charge is 0.423 e. The van der Waals surface area contributed by atoms with Gasteiger partial charge in [-0.15, -0.1) is 0 Å². The summed E-state index contributed by atoms with van der Waals surface area (Å²) in [4.78, 5) is 13.9. The maximum Gasteiger partial charge on any atom is 0.295 e. The van der Waals surface area contributed by atoms with E-state index in [0.717, 1.165) is 0 Å². The first-order chi connectivity index (χ1) is 8.97. The van der Waals surface area contributed by atoms with E-state index in [-0.39, 0.29) is 17.3 Å². The Balaban J connectivity index is 2.15. The van der Waals surface area contributed by atoms with E-state index in [9.17, 15) is 18.9 Å². The number of hydrogen-bond acceptors (Lipinski definition) is 6. The van der Waals surface area contributed by atoms with Crippen molar-refractivity contribution in [3.63, 3.8) is 0 Å². The summed E-state index contributed by atoms with van der Waals surface area (Å²) in [7, 11) is 0. The van der Waals surface area contributed by atoms with Crippen LogP contribution in [0.3, 0.4) is 0 Å². The van der Waals surface area contributed by atoms with E-state index in [1.165, 1.54) is 18.2 Å². The molecule has 1 aromatic carbocycles. The van der Waals surface area contributed by atoms with Gasteiger partial charge in [0.25, 0.3) is 18.1 Å². The number of aromatic nitrogens is 1. The van der Waals surface area contributed by atoms with Crippen LogP contribution >= 0.6 is 0 Å². The minimum absolute atomic E-state index is 0.0878. The number of oxazole rings is 1. The Morgan fingerprint density at radius 3 is 2.89 bits per heavy atom. The molecule has 0 aliphatic carbocycles. The van der Waals surface area contributed by atoms with Crippen LogP contribution in [0.5, 0.6) is 0 Å². The number of rotatable bonds is 5. The average Bonchev–Trinajstić information content (AvgIpc) is 2.77. The van der Waals surface area contributed by atoms with Gasteiger partial charge in [0.05, 0.1) is 17.5 Å². The molecule has 0 saturated carbocycles. The zero-order valence-electron chi connectivity index (χ0n) is 9.42. The summed E-state index contributed by atoms with van der Waals surface area (Å²) < 4.78 is 29.2. The van der Waals surface area contributed by atoms with Gasteiger partial charge in [0.15, 0.2) is 5.58 Å². The molecular weight excluding hydrogens is 264 g/mol. The van der Waals surface area contributed by atoms with Gasteiger partial charge in [-0.3, -0.25) is 10.1 Å². The van der Waals surface area contributed by atoms with Crippen molar-refractivity contribution in [3.05, 3.63) is 28.3 Å². The second-order valence-electron chi connectivity index (χ2n) is 3.71. The van der Waals surface area contributed by atoms with E-state index in [0.29, 0.717) is 5.52 Å². The number of fused-ring (bicyclic) bond motifs is 1. The van der Waals surface area contributed by atoms with Crippen molar-refractivity contribution >= 4 is 22.8 Å². The molecule has 0 amide bonds. The molecule has 2 N–H and O–H groups in total. The predicted octanol–water partition coefficient (Wildman–Crippen LogP) is 1.77. The minimum atomic E-state index is -2.88. The normalized spacial score (nSPS) is 12.8. The van der Waals surface area contributed by atoms with Crippen LogP contribution in [-0.4, -0.2) is 34.1 Å². The molecule has 1 unspecified atom stereocenters. The number of non-ortho nitro benzene ring substituents is 1. The quantitative estimate of drug-likeness (QED) is 0.636. The number of anilines is 1. The molecule has 1 aromatic heterocycles. The first kappa shape index (κ1) is 13.1. The summed E-state index contributed by atoms with van der Waals surface area (Å²) in [5, 5.41) is 21.8. The number of nitro benzene ring substituents is 1. The summed E-state index contributed by atoms with van der Waals surface area (Å²) in [6, 6.07) is 3.72. The zero-order chi connectivity index (χ0) is 14.0. The molecule has 0 aliphatic rings. The third-order valence-corrected chi connectivity index (χ3v) is 2.34. The van der Waals surface area contributed by atoms with Crippen molar-refractivity contribution in [1.29, 1.82) is 0 Å². The van der Waals surface area contributed by atoms with Crippen molar-refractivity contribution in [3.8, 4) is 0 Å². The van der Waals surface area contributed by atoms with Crippen molar-refractivity contribution in [2.75, 3.05) is 11.9 Å². The van der Waals surface area contributed by atoms with Crippen molar-refractivity contribution < 1.29 is 23.2 Å². The first-order valence-electron chi connectivity index (χ1n) is 5.22. The standard InChI is InChI=1S/C10H9F2N3O4/c11-9(12)7(16)4-13-10-14-6-2-1-5(15(17)18)3-8(6)19-10/h1-3,7,9,16H,4H2,(H,13,14). The van der Waals surface area contributed by atoms with Crippen molar-refractivity contribution in [1.82, 2.24) is 4.98 Å². The molecule has 2 aromatic rings. The maximum absolute atomic E-state index is 12.1. The molecule has 0 fully saturated rings. The van der Waals surface area contributed by atoms with Crippen LogP contribution in [0.25, 0.3) is 11.1 Å². The Kier molecular flexibility index (Phi) is 3.56. The highest BCUT2D eigenvalue weighted by Crippen LogP contribution is 2.23. The van der Waals surface area contributed by atoms with Gasteiger partial charge in [-0.05, 0) is 6.07 Å². The van der Waals surface area contributed by atoms with Gasteiger partial charge in [-0.1, -0.05) is 0 Å². The van der Waals surface area contributed by atoms with Crippen LogP contribution in [0.4, 0.5) is 20.5 Å². The van der Waals surface area contributed by atoms with Crippen LogP contribution in [0.15, 0.2) is 22.6 Å². The molecule has 7 nitrogen and oxygen atoms in total. The molecule has 102 valence electrons. The summed E-state index contributed by atoms with van der Waals surface area (Å²) in [6.07, 6.45) is -4.72. The Hall–Kier alpha value is -2.29. The molecule has 19 heavy (non-hydrogen) atoms. The number of nitro groups is 1. The molecule has 2 rings (SSSR count). The average molecular weight is 273 g/mol. The summed E-state index contributed by atoms with van der Waals surface area (Å²) in [5.74, 6) is 0. The molecule has 1 atom stereocenters. The number of aliphatic hydroxyl groups is 1. The Bertz CT molecular complexity index is 601. The number of nitrogens with zero attached hydrogens (tertiary/aromatic N) is 2. The summed E-state index contributed by atoms with van der Waals surface area (Å²) >= 11 is 0. The third kappa shape index (κ3) is 2.94. The molecule has 0 bridgehead atoms. The van der Waals surface area contributed by atoms with Gasteiger partial charge < -0.3 is 14.8 Å². The molecule has 0 radical (unpaired) electrons. The van der Waals surface area contributed by atoms with E-state index in [4.69, 9.17) is 9.52 Å². The van der Waals surface area contributed by atoms with Crippen LogP contribution in [-0.2, 0) is 0 Å². The van der Waals surface area contributed by atoms with Gasteiger partial charge in [-0.2, -0.15) is 4.98 Å². The van der Waals surface area contributed by atoms with E-state index in [1.807, 2.05) is 0 Å². The molecule has 0 spiro atoms. The van der Waals surface area contributed by atoms with E-state index < -0.39 is 24.0 Å². The predicted molar refractivity (Wildman–Crippen MR) is 61.2 cm³/mol. The fourth-order valence-corrected chi connectivity index (χ4v) is 1.38. The van der Waals surface area contributed by atoms with Crippen LogP contribution in [0.2, 0.25) is 0 Å². The topological polar surface area (TPSA) is 101 Å². The second kappa shape index (κ2) is 5.14. The smallest absolute Gasteiger partial charge is 0.295 e. The van der Waals surface area contributed by atoms with Crippen LogP contribution in [0, 0.1) is 10.1 Å². The molecule has 0 aliphatic heterocycles. The van der Waals surface area contributed by atoms with Gasteiger partial charge in [-0.25, -0.2) is 8.78 Å². The van der Waals surface area contributed by atoms with Gasteiger partial charge in [0.1, 0.15) is 11.6 Å². The zero-order valence-corrected chi connectivity index (χ0v) is 9.42. The number of halogens is 2. The number of hydrogen-bond donors (Lipinski definition) is 2. The summed E-state index contributed by atoms with van der Waals surface area (Å²) in [5.41, 5.74) is 0.339. The lowest BCUT2D eigenvalue weighted by Crippen LogP contribution is -2.26. The molecular formula is C10H9F2N3O4. The number of benzene rings is 1. The molecule has 1 heterocycles. The Labute approximate surface area is 105 Å². The Morgan fingerprint density at radius 2 is 2.26 bits per heavy atom. The van der Waals surface area contributed by atoms with Crippen molar-refractivity contribution in [2.24, 2.45) is 0 Å².